The van der Waals surface area contributed by atoms with Crippen LogP contribution in [0, 0.1) is 0 Å². The standard InChI is InChI=1S/C16H20ClN3O2/c1-3-20-15-11(9-18-20)13(17)12(16(21)22-4-2)14(19-15)10-7-5-6-8-10/h9-10H,3-8H2,1-2H3. The number of aryl methyl sites for hydroxylation is 1. The van der Waals surface area contributed by atoms with Crippen molar-refractivity contribution in [1.29, 1.82) is 0 Å². The van der Waals surface area contributed by atoms with Gasteiger partial charge in [0.25, 0.3) is 0 Å². The Kier molecular flexibility index (Phi) is 4.34. The monoisotopic (exact) mass is 321 g/mol. The maximum atomic E-state index is 12.4. The third kappa shape index (κ3) is 2.47. The number of rotatable bonds is 4. The van der Waals surface area contributed by atoms with Crippen LogP contribution in [0.4, 0.5) is 0 Å². The third-order valence-electron chi connectivity index (χ3n) is 4.27. The van der Waals surface area contributed by atoms with Crippen LogP contribution in [0.15, 0.2) is 6.20 Å². The lowest BCUT2D eigenvalue weighted by atomic mass is 9.97. The molecule has 118 valence electrons. The molecular weight excluding hydrogens is 302 g/mol. The van der Waals surface area contributed by atoms with Gasteiger partial charge in [0.05, 0.1) is 28.9 Å². The largest absolute Gasteiger partial charge is 0.462 e. The van der Waals surface area contributed by atoms with Crippen LogP contribution in [-0.4, -0.2) is 27.3 Å². The van der Waals surface area contributed by atoms with E-state index in [1.54, 1.807) is 13.1 Å². The quantitative estimate of drug-likeness (QED) is 0.800. The zero-order chi connectivity index (χ0) is 15.7. The fourth-order valence-electron chi connectivity index (χ4n) is 3.19. The molecule has 1 saturated carbocycles. The van der Waals surface area contributed by atoms with Crippen molar-refractivity contribution in [2.24, 2.45) is 0 Å². The molecule has 0 radical (unpaired) electrons. The lowest BCUT2D eigenvalue weighted by Gasteiger charge is -2.16. The molecule has 1 aliphatic rings. The summed E-state index contributed by atoms with van der Waals surface area (Å²) in [6, 6.07) is 0. The van der Waals surface area contributed by atoms with E-state index in [1.807, 2.05) is 11.6 Å². The highest BCUT2D eigenvalue weighted by Gasteiger charge is 2.29. The predicted octanol–water partition coefficient (Wildman–Crippen LogP) is 3.94. The zero-order valence-corrected chi connectivity index (χ0v) is 13.7. The van der Waals surface area contributed by atoms with Crippen LogP contribution in [0.25, 0.3) is 11.0 Å². The summed E-state index contributed by atoms with van der Waals surface area (Å²) < 4.78 is 7.01. The maximum Gasteiger partial charge on any atom is 0.341 e. The number of hydrogen-bond donors (Lipinski definition) is 0. The summed E-state index contributed by atoms with van der Waals surface area (Å²) in [5.74, 6) is -0.102. The van der Waals surface area contributed by atoms with Gasteiger partial charge in [-0.15, -0.1) is 0 Å². The van der Waals surface area contributed by atoms with E-state index in [9.17, 15) is 4.79 Å². The molecule has 0 amide bonds. The molecule has 0 aromatic carbocycles. The van der Waals surface area contributed by atoms with Gasteiger partial charge in [0.2, 0.25) is 0 Å². The highest BCUT2D eigenvalue weighted by Crippen LogP contribution is 2.39. The molecule has 0 unspecified atom stereocenters. The Labute approximate surface area is 134 Å². The van der Waals surface area contributed by atoms with E-state index in [2.05, 4.69) is 5.10 Å². The van der Waals surface area contributed by atoms with Crippen molar-refractivity contribution in [2.75, 3.05) is 6.61 Å². The maximum absolute atomic E-state index is 12.4. The molecule has 0 N–H and O–H groups in total. The molecule has 2 aromatic rings. The Morgan fingerprint density at radius 2 is 2.14 bits per heavy atom. The Morgan fingerprint density at radius 1 is 1.41 bits per heavy atom. The van der Waals surface area contributed by atoms with Crippen LogP contribution >= 0.6 is 11.6 Å². The molecule has 0 saturated heterocycles. The van der Waals surface area contributed by atoms with Crippen LogP contribution in [0.3, 0.4) is 0 Å². The fraction of sp³-hybridized carbons (Fsp3) is 0.562. The molecule has 6 heteroatoms. The van der Waals surface area contributed by atoms with Crippen LogP contribution in [-0.2, 0) is 11.3 Å². The van der Waals surface area contributed by atoms with Crippen molar-refractivity contribution in [3.8, 4) is 0 Å². The first-order valence-corrected chi connectivity index (χ1v) is 8.27. The predicted molar refractivity (Wildman–Crippen MR) is 85.4 cm³/mol. The summed E-state index contributed by atoms with van der Waals surface area (Å²) in [5.41, 5.74) is 1.96. The van der Waals surface area contributed by atoms with Gasteiger partial charge < -0.3 is 4.74 Å². The van der Waals surface area contributed by atoms with Crippen molar-refractivity contribution >= 4 is 28.6 Å². The molecule has 0 bridgehead atoms. The summed E-state index contributed by atoms with van der Waals surface area (Å²) in [6.45, 7) is 4.85. The van der Waals surface area contributed by atoms with Crippen LogP contribution in [0.2, 0.25) is 5.02 Å². The molecule has 1 fully saturated rings. The molecule has 0 spiro atoms. The van der Waals surface area contributed by atoms with Gasteiger partial charge in [-0.2, -0.15) is 5.10 Å². The summed E-state index contributed by atoms with van der Waals surface area (Å²) >= 11 is 6.53. The molecular formula is C16H20ClN3O2. The van der Waals surface area contributed by atoms with E-state index in [0.717, 1.165) is 43.6 Å². The minimum atomic E-state index is -0.381. The van der Waals surface area contributed by atoms with Gasteiger partial charge in [0.15, 0.2) is 5.65 Å². The number of esters is 1. The number of aromatic nitrogens is 3. The summed E-state index contributed by atoms with van der Waals surface area (Å²) in [7, 11) is 0. The normalized spacial score (nSPS) is 15.6. The van der Waals surface area contributed by atoms with Crippen LogP contribution < -0.4 is 0 Å². The first-order valence-electron chi connectivity index (χ1n) is 7.89. The van der Waals surface area contributed by atoms with E-state index in [1.165, 1.54) is 0 Å². The van der Waals surface area contributed by atoms with E-state index in [-0.39, 0.29) is 11.9 Å². The molecule has 0 atom stereocenters. The number of halogens is 1. The first kappa shape index (κ1) is 15.3. The van der Waals surface area contributed by atoms with E-state index in [0.29, 0.717) is 22.6 Å². The molecule has 2 aromatic heterocycles. The second-order valence-corrected chi connectivity index (χ2v) is 5.96. The van der Waals surface area contributed by atoms with Crippen molar-refractivity contribution in [2.45, 2.75) is 52.0 Å². The highest BCUT2D eigenvalue weighted by atomic mass is 35.5. The van der Waals surface area contributed by atoms with Crippen molar-refractivity contribution in [1.82, 2.24) is 14.8 Å². The second-order valence-electron chi connectivity index (χ2n) is 5.59. The minimum absolute atomic E-state index is 0.279. The third-order valence-corrected chi connectivity index (χ3v) is 4.66. The Bertz CT molecular complexity index is 705. The molecule has 1 aliphatic carbocycles. The average Bonchev–Trinajstić information content (AvgIpc) is 3.16. The van der Waals surface area contributed by atoms with Gasteiger partial charge in [0.1, 0.15) is 5.56 Å². The van der Waals surface area contributed by atoms with Gasteiger partial charge in [0, 0.05) is 12.5 Å². The number of nitrogens with zero attached hydrogens (tertiary/aromatic N) is 3. The number of ether oxygens (including phenoxy) is 1. The number of carbonyl (C=O) groups excluding carboxylic acids is 1. The molecule has 0 aliphatic heterocycles. The van der Waals surface area contributed by atoms with Crippen molar-refractivity contribution < 1.29 is 9.53 Å². The second kappa shape index (κ2) is 6.24. The molecule has 22 heavy (non-hydrogen) atoms. The van der Waals surface area contributed by atoms with E-state index >= 15 is 0 Å². The van der Waals surface area contributed by atoms with Gasteiger partial charge in [-0.3, -0.25) is 0 Å². The van der Waals surface area contributed by atoms with Crippen LogP contribution in [0.1, 0.15) is 61.5 Å². The number of carbonyl (C=O) groups is 1. The Balaban J connectivity index is 2.22. The molecule has 2 heterocycles. The minimum Gasteiger partial charge on any atom is -0.462 e. The lowest BCUT2D eigenvalue weighted by molar-refractivity contribution is 0.0524. The topological polar surface area (TPSA) is 57.0 Å². The first-order chi connectivity index (χ1) is 10.7. The van der Waals surface area contributed by atoms with E-state index in [4.69, 9.17) is 21.3 Å². The van der Waals surface area contributed by atoms with Gasteiger partial charge in [-0.05, 0) is 26.7 Å². The highest BCUT2D eigenvalue weighted by molar-refractivity contribution is 6.38. The lowest BCUT2D eigenvalue weighted by Crippen LogP contribution is -2.14. The average molecular weight is 322 g/mol. The number of hydrogen-bond acceptors (Lipinski definition) is 4. The number of pyridine rings is 1. The van der Waals surface area contributed by atoms with Crippen molar-refractivity contribution in [3.05, 3.63) is 22.5 Å². The fourth-order valence-corrected chi connectivity index (χ4v) is 3.50. The molecule has 3 rings (SSSR count). The van der Waals surface area contributed by atoms with Gasteiger partial charge >= 0.3 is 5.97 Å². The smallest absolute Gasteiger partial charge is 0.341 e. The number of fused-ring (bicyclic) bond motifs is 1. The molecule has 5 nitrogen and oxygen atoms in total. The Hall–Kier alpha value is -1.62. The SMILES string of the molecule is CCOC(=O)c1c(C2CCCC2)nc2c(cnn2CC)c1Cl. The Morgan fingerprint density at radius 3 is 2.77 bits per heavy atom. The van der Waals surface area contributed by atoms with Gasteiger partial charge in [-0.25, -0.2) is 14.5 Å². The zero-order valence-electron chi connectivity index (χ0n) is 12.9. The van der Waals surface area contributed by atoms with E-state index < -0.39 is 0 Å². The van der Waals surface area contributed by atoms with Crippen molar-refractivity contribution in [3.63, 3.8) is 0 Å². The van der Waals surface area contributed by atoms with Crippen LogP contribution in [0.5, 0.6) is 0 Å². The summed E-state index contributed by atoms with van der Waals surface area (Å²) in [6.07, 6.45) is 6.09. The van der Waals surface area contributed by atoms with Gasteiger partial charge in [-0.1, -0.05) is 24.4 Å². The summed E-state index contributed by atoms with van der Waals surface area (Å²) in [4.78, 5) is 17.2. The summed E-state index contributed by atoms with van der Waals surface area (Å²) in [5, 5.41) is 5.44.